The first-order valence-electron chi connectivity index (χ1n) is 12.2. The molecule has 1 aliphatic heterocycles. The quantitative estimate of drug-likeness (QED) is 0.274. The van der Waals surface area contributed by atoms with Crippen LogP contribution in [0.5, 0.6) is 17.4 Å². The molecule has 1 saturated heterocycles. The van der Waals surface area contributed by atoms with Crippen molar-refractivity contribution < 1.29 is 39.4 Å². The lowest BCUT2D eigenvalue weighted by Gasteiger charge is -2.39. The maximum Gasteiger partial charge on any atom is 0.238 e. The van der Waals surface area contributed by atoms with Crippen LogP contribution >= 0.6 is 0 Å². The van der Waals surface area contributed by atoms with E-state index in [1.165, 1.54) is 0 Å². The number of aromatic nitrogens is 2. The van der Waals surface area contributed by atoms with E-state index in [0.717, 1.165) is 28.1 Å². The Labute approximate surface area is 215 Å². The first-order valence-corrected chi connectivity index (χ1v) is 12.2. The van der Waals surface area contributed by atoms with Crippen molar-refractivity contribution >= 4 is 0 Å². The van der Waals surface area contributed by atoms with Crippen molar-refractivity contribution in [3.05, 3.63) is 70.9 Å². The third-order valence-electron chi connectivity index (χ3n) is 6.38. The third-order valence-corrected chi connectivity index (χ3v) is 6.38. The lowest BCUT2D eigenvalue weighted by molar-refractivity contribution is -0.278. The molecule has 0 amide bonds. The molecule has 5 atom stereocenters. The average Bonchev–Trinajstić information content (AvgIpc) is 3.30. The summed E-state index contributed by atoms with van der Waals surface area (Å²) in [7, 11) is 1.62. The number of hydrogen-bond donors (Lipinski definition) is 5. The number of aromatic amines is 1. The summed E-state index contributed by atoms with van der Waals surface area (Å²) in [4.78, 5) is 0. The standard InChI is InChI=1S/C27H34N2O8/c1-15(2)22-19(26(29-28-22)37-27-25(33)24(32)23(31)21(13-30)36-27)12-17-8-4-5-10-20(17)35-14-16-7-6-9-18(11-16)34-3/h4-11,15,21,23-25,27,30-33H,12-14H2,1-3H3,(H,28,29)/t21-,23-,24+,25-,27+/m1/s1. The molecule has 1 aliphatic rings. The smallest absolute Gasteiger partial charge is 0.238 e. The van der Waals surface area contributed by atoms with E-state index in [9.17, 15) is 20.4 Å². The van der Waals surface area contributed by atoms with Crippen molar-refractivity contribution in [2.24, 2.45) is 0 Å². The molecular weight excluding hydrogens is 480 g/mol. The van der Waals surface area contributed by atoms with E-state index in [2.05, 4.69) is 10.2 Å². The minimum absolute atomic E-state index is 0.0829. The molecule has 0 radical (unpaired) electrons. The van der Waals surface area contributed by atoms with Crippen molar-refractivity contribution in [1.29, 1.82) is 0 Å². The Morgan fingerprint density at radius 1 is 1.03 bits per heavy atom. The zero-order valence-electron chi connectivity index (χ0n) is 21.1. The molecule has 0 bridgehead atoms. The van der Waals surface area contributed by atoms with E-state index in [1.54, 1.807) is 7.11 Å². The van der Waals surface area contributed by atoms with Crippen LogP contribution in [-0.4, -0.2) is 75.0 Å². The highest BCUT2D eigenvalue weighted by Gasteiger charge is 2.45. The SMILES string of the molecule is COc1cccc(COc2ccccc2Cc2c(O[C@@H]3O[C@H](CO)[C@@H](O)[C@H](O)[C@H]3O)n[nH]c2C(C)C)c1. The molecule has 0 spiro atoms. The minimum Gasteiger partial charge on any atom is -0.497 e. The van der Waals surface area contributed by atoms with Crippen LogP contribution in [0, 0.1) is 0 Å². The fourth-order valence-corrected chi connectivity index (χ4v) is 4.29. The van der Waals surface area contributed by atoms with Gasteiger partial charge >= 0.3 is 0 Å². The lowest BCUT2D eigenvalue weighted by atomic mass is 9.98. The van der Waals surface area contributed by atoms with Crippen molar-refractivity contribution in [3.8, 4) is 17.4 Å². The van der Waals surface area contributed by atoms with Crippen molar-refractivity contribution in [2.45, 2.75) is 63.5 Å². The predicted molar refractivity (Wildman–Crippen MR) is 134 cm³/mol. The highest BCUT2D eigenvalue weighted by atomic mass is 16.7. The molecule has 200 valence electrons. The van der Waals surface area contributed by atoms with Gasteiger partial charge in [0.1, 0.15) is 42.5 Å². The summed E-state index contributed by atoms with van der Waals surface area (Å²) in [5, 5.41) is 47.4. The highest BCUT2D eigenvalue weighted by molar-refractivity contribution is 5.43. The van der Waals surface area contributed by atoms with Crippen molar-refractivity contribution in [3.63, 3.8) is 0 Å². The largest absolute Gasteiger partial charge is 0.497 e. The second-order valence-corrected chi connectivity index (χ2v) is 9.32. The Morgan fingerprint density at radius 2 is 1.81 bits per heavy atom. The number of hydrogen-bond acceptors (Lipinski definition) is 9. The minimum atomic E-state index is -1.55. The van der Waals surface area contributed by atoms with Crippen LogP contribution in [0.2, 0.25) is 0 Å². The van der Waals surface area contributed by atoms with Crippen LogP contribution in [0.15, 0.2) is 48.5 Å². The van der Waals surface area contributed by atoms with Gasteiger partial charge in [-0.05, 0) is 35.2 Å². The van der Waals surface area contributed by atoms with Crippen LogP contribution < -0.4 is 14.2 Å². The van der Waals surface area contributed by atoms with Gasteiger partial charge in [0, 0.05) is 17.7 Å². The van der Waals surface area contributed by atoms with E-state index < -0.39 is 37.3 Å². The van der Waals surface area contributed by atoms with Crippen molar-refractivity contribution in [1.82, 2.24) is 10.2 Å². The number of para-hydroxylation sites is 1. The molecule has 0 saturated carbocycles. The van der Waals surface area contributed by atoms with Gasteiger partial charge in [0.05, 0.1) is 13.7 Å². The molecule has 10 heteroatoms. The molecule has 2 heterocycles. The third kappa shape index (κ3) is 6.06. The summed E-state index contributed by atoms with van der Waals surface area (Å²) in [6.45, 7) is 3.83. The number of aliphatic hydroxyl groups is 4. The Morgan fingerprint density at radius 3 is 2.54 bits per heavy atom. The molecule has 10 nitrogen and oxygen atoms in total. The second-order valence-electron chi connectivity index (χ2n) is 9.32. The molecule has 1 fully saturated rings. The maximum absolute atomic E-state index is 10.4. The molecule has 0 unspecified atom stereocenters. The van der Waals surface area contributed by atoms with E-state index >= 15 is 0 Å². The van der Waals surface area contributed by atoms with Crippen LogP contribution in [0.1, 0.15) is 42.1 Å². The van der Waals surface area contributed by atoms with Gasteiger partial charge in [-0.3, -0.25) is 5.10 Å². The van der Waals surface area contributed by atoms with Crippen LogP contribution in [0.3, 0.4) is 0 Å². The van der Waals surface area contributed by atoms with E-state index in [4.69, 9.17) is 18.9 Å². The lowest BCUT2D eigenvalue weighted by Crippen LogP contribution is -2.60. The molecule has 1 aromatic heterocycles. The zero-order chi connectivity index (χ0) is 26.5. The van der Waals surface area contributed by atoms with Gasteiger partial charge in [-0.1, -0.05) is 44.2 Å². The molecule has 0 aliphatic carbocycles. The van der Waals surface area contributed by atoms with E-state index in [0.29, 0.717) is 18.8 Å². The van der Waals surface area contributed by atoms with Gasteiger partial charge < -0.3 is 39.4 Å². The monoisotopic (exact) mass is 514 g/mol. The van der Waals surface area contributed by atoms with E-state index in [1.807, 2.05) is 62.4 Å². The Balaban J connectivity index is 1.57. The fraction of sp³-hybridized carbons (Fsp3) is 0.444. The number of ether oxygens (including phenoxy) is 4. The van der Waals surface area contributed by atoms with Gasteiger partial charge in [0.25, 0.3) is 0 Å². The number of nitrogens with zero attached hydrogens (tertiary/aromatic N) is 1. The van der Waals surface area contributed by atoms with Gasteiger partial charge in [0.15, 0.2) is 0 Å². The highest BCUT2D eigenvalue weighted by Crippen LogP contribution is 2.33. The average molecular weight is 515 g/mol. The number of methoxy groups -OCH3 is 1. The number of benzene rings is 2. The summed E-state index contributed by atoms with van der Waals surface area (Å²) in [5.74, 6) is 1.72. The normalized spacial score (nSPS) is 23.7. The summed E-state index contributed by atoms with van der Waals surface area (Å²) >= 11 is 0. The molecular formula is C27H34N2O8. The summed E-state index contributed by atoms with van der Waals surface area (Å²) in [5.41, 5.74) is 3.44. The fourth-order valence-electron chi connectivity index (χ4n) is 4.29. The van der Waals surface area contributed by atoms with E-state index in [-0.39, 0.29) is 11.8 Å². The van der Waals surface area contributed by atoms with Crippen LogP contribution in [-0.2, 0) is 17.8 Å². The second kappa shape index (κ2) is 11.9. The van der Waals surface area contributed by atoms with Gasteiger partial charge in [-0.2, -0.15) is 0 Å². The Hall–Kier alpha value is -3.15. The molecule has 4 rings (SSSR count). The summed E-state index contributed by atoms with van der Waals surface area (Å²) in [6.07, 6.45) is -6.57. The number of nitrogens with one attached hydrogen (secondary N) is 1. The Bertz CT molecular complexity index is 1160. The number of rotatable bonds is 10. The van der Waals surface area contributed by atoms with Crippen LogP contribution in [0.4, 0.5) is 0 Å². The van der Waals surface area contributed by atoms with Crippen LogP contribution in [0.25, 0.3) is 0 Å². The zero-order valence-corrected chi connectivity index (χ0v) is 21.1. The van der Waals surface area contributed by atoms with Gasteiger partial charge in [0.2, 0.25) is 12.2 Å². The maximum atomic E-state index is 10.4. The first-order chi connectivity index (χ1) is 17.8. The van der Waals surface area contributed by atoms with Gasteiger partial charge in [-0.15, -0.1) is 5.10 Å². The molecule has 37 heavy (non-hydrogen) atoms. The predicted octanol–water partition coefficient (Wildman–Crippen LogP) is 1.89. The summed E-state index contributed by atoms with van der Waals surface area (Å²) in [6, 6.07) is 15.3. The topological polar surface area (TPSA) is 147 Å². The van der Waals surface area contributed by atoms with Crippen molar-refractivity contribution in [2.75, 3.05) is 13.7 Å². The summed E-state index contributed by atoms with van der Waals surface area (Å²) < 4.78 is 22.9. The Kier molecular flexibility index (Phi) is 8.67. The number of aliphatic hydroxyl groups excluding tert-OH is 4. The molecule has 3 aromatic rings. The van der Waals surface area contributed by atoms with Gasteiger partial charge in [-0.25, -0.2) is 0 Å². The first kappa shape index (κ1) is 26.9. The molecule has 2 aromatic carbocycles. The number of H-pyrrole nitrogens is 1. The molecule has 5 N–H and O–H groups in total.